The van der Waals surface area contributed by atoms with Crippen LogP contribution in [0.25, 0.3) is 0 Å². The molecule has 0 heterocycles. The summed E-state index contributed by atoms with van der Waals surface area (Å²) in [5, 5.41) is 2.65. The van der Waals surface area contributed by atoms with Gasteiger partial charge in [-0.15, -0.1) is 0 Å². The fourth-order valence-corrected chi connectivity index (χ4v) is 3.01. The lowest BCUT2D eigenvalue weighted by atomic mass is 10.1. The maximum absolute atomic E-state index is 12.4. The first kappa shape index (κ1) is 17.5. The first-order valence-electron chi connectivity index (χ1n) is 6.94. The van der Waals surface area contributed by atoms with Crippen molar-refractivity contribution in [3.05, 3.63) is 23.8 Å². The predicted molar refractivity (Wildman–Crippen MR) is 83.3 cm³/mol. The molecule has 1 rings (SSSR count). The van der Waals surface area contributed by atoms with Crippen LogP contribution in [-0.2, 0) is 21.2 Å². The lowest BCUT2D eigenvalue weighted by Crippen LogP contribution is -2.38. The second-order valence-electron chi connectivity index (χ2n) is 4.83. The topological polar surface area (TPSA) is 92.5 Å². The van der Waals surface area contributed by atoms with Gasteiger partial charge in [0, 0.05) is 19.3 Å². The van der Waals surface area contributed by atoms with Crippen LogP contribution < -0.4 is 11.1 Å². The third-order valence-electron chi connectivity index (χ3n) is 3.14. The highest BCUT2D eigenvalue weighted by atomic mass is 32.2. The van der Waals surface area contributed by atoms with Gasteiger partial charge in [-0.3, -0.25) is 4.79 Å². The van der Waals surface area contributed by atoms with Crippen LogP contribution in [0.15, 0.2) is 23.1 Å². The minimum absolute atomic E-state index is 0.1000. The van der Waals surface area contributed by atoms with Gasteiger partial charge in [-0.1, -0.05) is 19.9 Å². The minimum Gasteiger partial charge on any atom is -0.398 e. The molecule has 6 nitrogen and oxygen atoms in total. The number of likely N-dealkylation sites (N-methyl/N-ethyl adjacent to an activating group) is 1. The number of carbonyl (C=O) groups excluding carboxylic acids is 1. The number of hydrogen-bond donors (Lipinski definition) is 2. The Labute approximate surface area is 126 Å². The summed E-state index contributed by atoms with van der Waals surface area (Å²) < 4.78 is 25.8. The van der Waals surface area contributed by atoms with Crippen LogP contribution in [0.1, 0.15) is 25.8 Å². The molecule has 0 unspecified atom stereocenters. The van der Waals surface area contributed by atoms with Gasteiger partial charge < -0.3 is 11.1 Å². The van der Waals surface area contributed by atoms with E-state index in [-0.39, 0.29) is 17.3 Å². The normalized spacial score (nSPS) is 11.6. The van der Waals surface area contributed by atoms with E-state index in [0.29, 0.717) is 12.2 Å². The van der Waals surface area contributed by atoms with Crippen LogP contribution in [0.3, 0.4) is 0 Å². The van der Waals surface area contributed by atoms with Crippen molar-refractivity contribution in [1.82, 2.24) is 9.62 Å². The van der Waals surface area contributed by atoms with E-state index in [0.717, 1.165) is 22.7 Å². The number of aryl methyl sites for hydroxylation is 1. The molecule has 7 heteroatoms. The molecule has 1 aromatic carbocycles. The molecule has 0 aromatic heterocycles. The van der Waals surface area contributed by atoms with Gasteiger partial charge in [0.25, 0.3) is 0 Å². The Morgan fingerprint density at radius 3 is 2.52 bits per heavy atom. The second-order valence-corrected chi connectivity index (χ2v) is 6.87. The number of sulfonamides is 1. The third-order valence-corrected chi connectivity index (χ3v) is 4.94. The molecule has 0 aliphatic carbocycles. The van der Waals surface area contributed by atoms with E-state index in [9.17, 15) is 13.2 Å². The van der Waals surface area contributed by atoms with Crippen LogP contribution in [0.4, 0.5) is 5.69 Å². The van der Waals surface area contributed by atoms with Crippen molar-refractivity contribution in [3.8, 4) is 0 Å². The molecule has 0 fully saturated rings. The fourth-order valence-electron chi connectivity index (χ4n) is 1.84. The molecule has 118 valence electrons. The maximum atomic E-state index is 12.4. The van der Waals surface area contributed by atoms with E-state index in [1.165, 1.54) is 19.2 Å². The highest BCUT2D eigenvalue weighted by Gasteiger charge is 2.23. The number of hydrogen-bond acceptors (Lipinski definition) is 4. The molecule has 1 aromatic rings. The largest absolute Gasteiger partial charge is 0.398 e. The molecule has 21 heavy (non-hydrogen) atoms. The lowest BCUT2D eigenvalue weighted by molar-refractivity contribution is -0.121. The number of rotatable bonds is 7. The number of nitrogens with zero attached hydrogens (tertiary/aromatic N) is 1. The Morgan fingerprint density at radius 2 is 2.00 bits per heavy atom. The Balaban J connectivity index is 2.89. The summed E-state index contributed by atoms with van der Waals surface area (Å²) in [4.78, 5) is 11.7. The van der Waals surface area contributed by atoms with Gasteiger partial charge in [0.2, 0.25) is 15.9 Å². The number of nitrogens with one attached hydrogen (secondary N) is 1. The van der Waals surface area contributed by atoms with Gasteiger partial charge in [0.1, 0.15) is 0 Å². The summed E-state index contributed by atoms with van der Waals surface area (Å²) in [6.45, 7) is 4.20. The molecule has 0 saturated carbocycles. The van der Waals surface area contributed by atoms with Gasteiger partial charge in [-0.25, -0.2) is 8.42 Å². The SMILES string of the molecule is CCCNC(=O)CN(C)S(=O)(=O)c1ccc(CC)c(N)c1. The molecule has 0 spiro atoms. The van der Waals surface area contributed by atoms with Crippen LogP contribution >= 0.6 is 0 Å². The summed E-state index contributed by atoms with van der Waals surface area (Å²) in [5.41, 5.74) is 7.18. The average molecular weight is 313 g/mol. The lowest BCUT2D eigenvalue weighted by Gasteiger charge is -2.17. The van der Waals surface area contributed by atoms with Crippen LogP contribution in [-0.4, -0.2) is 38.8 Å². The highest BCUT2D eigenvalue weighted by molar-refractivity contribution is 7.89. The Hall–Kier alpha value is -1.60. The summed E-state index contributed by atoms with van der Waals surface area (Å²) in [5.74, 6) is -0.318. The van der Waals surface area contributed by atoms with Crippen molar-refractivity contribution in [2.75, 3.05) is 25.9 Å². The van der Waals surface area contributed by atoms with Gasteiger partial charge in [0.15, 0.2) is 0 Å². The molecule has 0 radical (unpaired) electrons. The molecule has 0 atom stereocenters. The van der Waals surface area contributed by atoms with Crippen molar-refractivity contribution in [1.29, 1.82) is 0 Å². The molecule has 0 aliphatic rings. The van der Waals surface area contributed by atoms with Crippen molar-refractivity contribution < 1.29 is 13.2 Å². The first-order valence-corrected chi connectivity index (χ1v) is 8.38. The van der Waals surface area contributed by atoms with Gasteiger partial charge in [0.05, 0.1) is 11.4 Å². The Morgan fingerprint density at radius 1 is 1.33 bits per heavy atom. The zero-order chi connectivity index (χ0) is 16.0. The standard InChI is InChI=1S/C14H23N3O3S/c1-4-8-16-14(18)10-17(3)21(19,20)12-7-6-11(5-2)13(15)9-12/h6-7,9H,4-5,8,10,15H2,1-3H3,(H,16,18). The number of nitrogen functional groups attached to an aromatic ring is 1. The minimum atomic E-state index is -3.71. The Bertz CT molecular complexity index is 599. The zero-order valence-electron chi connectivity index (χ0n) is 12.7. The van der Waals surface area contributed by atoms with E-state index < -0.39 is 10.0 Å². The molecule has 3 N–H and O–H groups in total. The maximum Gasteiger partial charge on any atom is 0.243 e. The van der Waals surface area contributed by atoms with E-state index >= 15 is 0 Å². The van der Waals surface area contributed by atoms with E-state index in [2.05, 4.69) is 5.32 Å². The first-order chi connectivity index (χ1) is 9.82. The number of anilines is 1. The monoisotopic (exact) mass is 313 g/mol. The summed E-state index contributed by atoms with van der Waals surface area (Å²) in [6.07, 6.45) is 1.54. The number of benzene rings is 1. The van der Waals surface area contributed by atoms with Gasteiger partial charge in [-0.05, 0) is 30.5 Å². The number of carbonyl (C=O) groups is 1. The highest BCUT2D eigenvalue weighted by Crippen LogP contribution is 2.20. The van der Waals surface area contributed by atoms with Crippen LogP contribution in [0.5, 0.6) is 0 Å². The fraction of sp³-hybridized carbons (Fsp3) is 0.500. The summed E-state index contributed by atoms with van der Waals surface area (Å²) in [7, 11) is -2.33. The number of amides is 1. The van der Waals surface area contributed by atoms with E-state index in [4.69, 9.17) is 5.73 Å². The second kappa shape index (κ2) is 7.42. The number of nitrogens with two attached hydrogens (primary N) is 1. The van der Waals surface area contributed by atoms with Crippen molar-refractivity contribution >= 4 is 21.6 Å². The molecule has 0 bridgehead atoms. The third kappa shape index (κ3) is 4.44. The molecule has 1 amide bonds. The van der Waals surface area contributed by atoms with Crippen LogP contribution in [0.2, 0.25) is 0 Å². The smallest absolute Gasteiger partial charge is 0.243 e. The van der Waals surface area contributed by atoms with E-state index in [1.807, 2.05) is 13.8 Å². The predicted octanol–water partition coefficient (Wildman–Crippen LogP) is 0.978. The average Bonchev–Trinajstić information content (AvgIpc) is 2.44. The summed E-state index contributed by atoms with van der Waals surface area (Å²) in [6, 6.07) is 4.66. The quantitative estimate of drug-likeness (QED) is 0.734. The summed E-state index contributed by atoms with van der Waals surface area (Å²) >= 11 is 0. The van der Waals surface area contributed by atoms with Gasteiger partial charge >= 0.3 is 0 Å². The molecule has 0 aliphatic heterocycles. The van der Waals surface area contributed by atoms with E-state index in [1.54, 1.807) is 6.07 Å². The van der Waals surface area contributed by atoms with Gasteiger partial charge in [-0.2, -0.15) is 4.31 Å². The zero-order valence-corrected chi connectivity index (χ0v) is 13.5. The molecule has 0 saturated heterocycles. The Kier molecular flexibility index (Phi) is 6.17. The van der Waals surface area contributed by atoms with Crippen molar-refractivity contribution in [2.24, 2.45) is 0 Å². The molecular weight excluding hydrogens is 290 g/mol. The van der Waals surface area contributed by atoms with Crippen molar-refractivity contribution in [2.45, 2.75) is 31.6 Å². The molecular formula is C14H23N3O3S. The van der Waals surface area contributed by atoms with Crippen molar-refractivity contribution in [3.63, 3.8) is 0 Å². The van der Waals surface area contributed by atoms with Crippen LogP contribution in [0, 0.1) is 0 Å².